The van der Waals surface area contributed by atoms with Crippen LogP contribution in [0, 0.1) is 0 Å². The zero-order chi connectivity index (χ0) is 22.1. The maximum atomic E-state index is 12.5. The predicted molar refractivity (Wildman–Crippen MR) is 122 cm³/mol. The molecule has 0 radical (unpaired) electrons. The van der Waals surface area contributed by atoms with Gasteiger partial charge in [-0.25, -0.2) is 0 Å². The van der Waals surface area contributed by atoms with Gasteiger partial charge in [-0.3, -0.25) is 14.6 Å². The van der Waals surface area contributed by atoms with E-state index < -0.39 is 0 Å². The lowest BCUT2D eigenvalue weighted by atomic mass is 9.98. The Kier molecular flexibility index (Phi) is 7.93. The number of ether oxygens (including phenoxy) is 1. The highest BCUT2D eigenvalue weighted by atomic mass is 16.5. The first-order chi connectivity index (χ1) is 15.1. The van der Waals surface area contributed by atoms with Crippen molar-refractivity contribution < 1.29 is 14.3 Å². The minimum atomic E-state index is -0.112. The Morgan fingerprint density at radius 2 is 1.77 bits per heavy atom. The van der Waals surface area contributed by atoms with Crippen LogP contribution in [0.4, 0.5) is 0 Å². The molecule has 1 amide bonds. The fourth-order valence-electron chi connectivity index (χ4n) is 3.44. The molecule has 0 unspecified atom stereocenters. The normalized spacial score (nSPS) is 10.5. The maximum Gasteiger partial charge on any atom is 0.220 e. The van der Waals surface area contributed by atoms with Crippen molar-refractivity contribution >= 4 is 11.7 Å². The molecule has 0 aliphatic heterocycles. The van der Waals surface area contributed by atoms with Crippen molar-refractivity contribution in [2.24, 2.45) is 0 Å². The van der Waals surface area contributed by atoms with E-state index in [-0.39, 0.29) is 24.5 Å². The Morgan fingerprint density at radius 3 is 2.45 bits per heavy atom. The first-order valence-corrected chi connectivity index (χ1v) is 10.6. The topological polar surface area (TPSA) is 68.3 Å². The van der Waals surface area contributed by atoms with E-state index in [0.29, 0.717) is 12.1 Å². The van der Waals surface area contributed by atoms with Gasteiger partial charge in [0.15, 0.2) is 5.78 Å². The quantitative estimate of drug-likeness (QED) is 0.489. The van der Waals surface area contributed by atoms with E-state index in [1.54, 1.807) is 19.5 Å². The zero-order valence-corrected chi connectivity index (χ0v) is 18.1. The molecule has 160 valence electrons. The summed E-state index contributed by atoms with van der Waals surface area (Å²) in [6.07, 6.45) is 5.50. The van der Waals surface area contributed by atoms with Gasteiger partial charge < -0.3 is 10.1 Å². The van der Waals surface area contributed by atoms with Crippen LogP contribution in [0.1, 0.15) is 41.3 Å². The van der Waals surface area contributed by atoms with Gasteiger partial charge in [-0.15, -0.1) is 0 Å². The highest BCUT2D eigenvalue weighted by Crippen LogP contribution is 2.27. The SMILES string of the molecule is CCc1cc(-c2ccc(C(=O)CCC(=O)NCCc3cccnc3)cc2)ccc1OC. The molecule has 0 saturated heterocycles. The lowest BCUT2D eigenvalue weighted by Gasteiger charge is -2.10. The van der Waals surface area contributed by atoms with Crippen molar-refractivity contribution in [3.63, 3.8) is 0 Å². The molecule has 5 nitrogen and oxygen atoms in total. The van der Waals surface area contributed by atoms with Crippen LogP contribution in [-0.4, -0.2) is 30.3 Å². The summed E-state index contributed by atoms with van der Waals surface area (Å²) in [7, 11) is 1.68. The van der Waals surface area contributed by atoms with Gasteiger partial charge >= 0.3 is 0 Å². The summed E-state index contributed by atoms with van der Waals surface area (Å²) in [5, 5.41) is 2.86. The first kappa shape index (κ1) is 22.2. The van der Waals surface area contributed by atoms with Crippen LogP contribution in [0.15, 0.2) is 67.0 Å². The molecule has 1 heterocycles. The largest absolute Gasteiger partial charge is 0.496 e. The summed E-state index contributed by atoms with van der Waals surface area (Å²) < 4.78 is 5.39. The van der Waals surface area contributed by atoms with Gasteiger partial charge in [0.25, 0.3) is 0 Å². The monoisotopic (exact) mass is 416 g/mol. The Bertz CT molecular complexity index is 1010. The second-order valence-corrected chi connectivity index (χ2v) is 7.34. The molecular weight excluding hydrogens is 388 g/mol. The van der Waals surface area contributed by atoms with E-state index in [2.05, 4.69) is 23.3 Å². The van der Waals surface area contributed by atoms with Gasteiger partial charge in [-0.1, -0.05) is 43.3 Å². The number of carbonyl (C=O) groups is 2. The van der Waals surface area contributed by atoms with Crippen LogP contribution in [0.2, 0.25) is 0 Å². The molecule has 1 N–H and O–H groups in total. The number of hydrogen-bond acceptors (Lipinski definition) is 4. The number of methoxy groups -OCH3 is 1. The van der Waals surface area contributed by atoms with Gasteiger partial charge in [0.1, 0.15) is 5.75 Å². The molecule has 3 rings (SSSR count). The third-order valence-electron chi connectivity index (χ3n) is 5.24. The third-order valence-corrected chi connectivity index (χ3v) is 5.24. The summed E-state index contributed by atoms with van der Waals surface area (Å²) in [5.41, 5.74) is 4.97. The van der Waals surface area contributed by atoms with Crippen LogP contribution in [0.5, 0.6) is 5.75 Å². The summed E-state index contributed by atoms with van der Waals surface area (Å²) in [6, 6.07) is 17.5. The molecule has 0 atom stereocenters. The molecule has 0 saturated carbocycles. The maximum absolute atomic E-state index is 12.5. The lowest BCUT2D eigenvalue weighted by molar-refractivity contribution is -0.121. The number of amides is 1. The molecule has 1 aromatic heterocycles. The Labute approximate surface area is 183 Å². The zero-order valence-electron chi connectivity index (χ0n) is 18.1. The Hall–Kier alpha value is -3.47. The van der Waals surface area contributed by atoms with E-state index in [1.807, 2.05) is 48.5 Å². The Morgan fingerprint density at radius 1 is 1.00 bits per heavy atom. The average Bonchev–Trinajstić information content (AvgIpc) is 2.82. The molecule has 0 aliphatic rings. The van der Waals surface area contributed by atoms with Gasteiger partial charge in [0, 0.05) is 37.3 Å². The fraction of sp³-hybridized carbons (Fsp3) is 0.269. The van der Waals surface area contributed by atoms with Gasteiger partial charge in [-0.2, -0.15) is 0 Å². The van der Waals surface area contributed by atoms with Crippen molar-refractivity contribution in [3.05, 3.63) is 83.7 Å². The predicted octanol–water partition coefficient (Wildman–Crippen LogP) is 4.64. The number of carbonyl (C=O) groups excluding carboxylic acids is 2. The van der Waals surface area contributed by atoms with Gasteiger partial charge in [-0.05, 0) is 53.3 Å². The van der Waals surface area contributed by atoms with Crippen molar-refractivity contribution in [1.29, 1.82) is 0 Å². The molecule has 3 aromatic rings. The van der Waals surface area contributed by atoms with Crippen LogP contribution in [-0.2, 0) is 17.6 Å². The highest BCUT2D eigenvalue weighted by molar-refractivity contribution is 5.98. The second-order valence-electron chi connectivity index (χ2n) is 7.34. The summed E-state index contributed by atoms with van der Waals surface area (Å²) in [4.78, 5) is 28.6. The van der Waals surface area contributed by atoms with Crippen LogP contribution in [0.3, 0.4) is 0 Å². The lowest BCUT2D eigenvalue weighted by Crippen LogP contribution is -2.26. The number of nitrogens with one attached hydrogen (secondary N) is 1. The number of benzene rings is 2. The van der Waals surface area contributed by atoms with Gasteiger partial charge in [0.2, 0.25) is 5.91 Å². The number of ketones is 1. The molecule has 2 aromatic carbocycles. The standard InChI is InChI=1S/C26H28N2O3/c1-3-20-17-23(10-12-25(20)31-2)21-6-8-22(9-7-21)24(29)11-13-26(30)28-16-14-19-5-4-15-27-18-19/h4-10,12,15,17-18H,3,11,13-14,16H2,1-2H3,(H,28,30). The number of Topliss-reactive ketones (excluding diaryl/α,β-unsaturated/α-hetero) is 1. The number of aromatic nitrogens is 1. The summed E-state index contributed by atoms with van der Waals surface area (Å²) in [6.45, 7) is 2.63. The van der Waals surface area contributed by atoms with E-state index >= 15 is 0 Å². The molecule has 5 heteroatoms. The minimum Gasteiger partial charge on any atom is -0.496 e. The molecule has 0 fully saturated rings. The Balaban J connectivity index is 1.50. The smallest absolute Gasteiger partial charge is 0.220 e. The molecule has 31 heavy (non-hydrogen) atoms. The highest BCUT2D eigenvalue weighted by Gasteiger charge is 2.10. The van der Waals surface area contributed by atoms with Crippen molar-refractivity contribution in [3.8, 4) is 16.9 Å². The minimum absolute atomic E-state index is 0.0297. The van der Waals surface area contributed by atoms with Crippen LogP contribution in [0.25, 0.3) is 11.1 Å². The molecular formula is C26H28N2O3. The van der Waals surface area contributed by atoms with Crippen molar-refractivity contribution in [2.75, 3.05) is 13.7 Å². The molecule has 0 spiro atoms. The summed E-state index contributed by atoms with van der Waals surface area (Å²) in [5.74, 6) is 0.744. The number of aryl methyl sites for hydroxylation is 1. The number of nitrogens with zero attached hydrogens (tertiary/aromatic N) is 1. The van der Waals surface area contributed by atoms with Crippen molar-refractivity contribution in [2.45, 2.75) is 32.6 Å². The first-order valence-electron chi connectivity index (χ1n) is 10.6. The third kappa shape index (κ3) is 6.25. The van der Waals surface area contributed by atoms with E-state index in [1.165, 1.54) is 0 Å². The molecule has 0 bridgehead atoms. The van der Waals surface area contributed by atoms with E-state index in [4.69, 9.17) is 4.74 Å². The van der Waals surface area contributed by atoms with E-state index in [9.17, 15) is 9.59 Å². The van der Waals surface area contributed by atoms with Crippen LogP contribution < -0.4 is 10.1 Å². The summed E-state index contributed by atoms with van der Waals surface area (Å²) >= 11 is 0. The molecule has 0 aliphatic carbocycles. The van der Waals surface area contributed by atoms with Crippen LogP contribution >= 0.6 is 0 Å². The average molecular weight is 417 g/mol. The number of rotatable bonds is 10. The van der Waals surface area contributed by atoms with Crippen molar-refractivity contribution in [1.82, 2.24) is 10.3 Å². The van der Waals surface area contributed by atoms with Gasteiger partial charge in [0.05, 0.1) is 7.11 Å². The number of pyridine rings is 1. The fourth-order valence-corrected chi connectivity index (χ4v) is 3.44. The number of hydrogen-bond donors (Lipinski definition) is 1. The van der Waals surface area contributed by atoms with E-state index in [0.717, 1.165) is 40.8 Å². The second kappa shape index (κ2) is 11.1.